The Balaban J connectivity index is 1.33. The summed E-state index contributed by atoms with van der Waals surface area (Å²) in [5.74, 6) is 0.353. The number of rotatable bonds is 10. The number of aryl methyl sites for hydroxylation is 2. The van der Waals surface area contributed by atoms with Crippen molar-refractivity contribution in [2.45, 2.75) is 20.3 Å². The topological polar surface area (TPSA) is 82.2 Å². The van der Waals surface area contributed by atoms with E-state index in [2.05, 4.69) is 59.2 Å². The van der Waals surface area contributed by atoms with E-state index in [4.69, 9.17) is 9.97 Å². The van der Waals surface area contributed by atoms with Gasteiger partial charge in [0.1, 0.15) is 0 Å². The van der Waals surface area contributed by atoms with Gasteiger partial charge in [0.05, 0.1) is 11.2 Å². The number of hydrogen-bond acceptors (Lipinski definition) is 6. The van der Waals surface area contributed by atoms with Crippen molar-refractivity contribution in [3.05, 3.63) is 108 Å². The summed E-state index contributed by atoms with van der Waals surface area (Å²) >= 11 is 0. The Bertz CT molecular complexity index is 1630. The Morgan fingerprint density at radius 2 is 1.46 bits per heavy atom. The molecule has 0 radical (unpaired) electrons. The number of carbonyl (C=O) groups is 1. The van der Waals surface area contributed by atoms with Crippen molar-refractivity contribution in [1.82, 2.24) is 14.9 Å². The van der Waals surface area contributed by atoms with Gasteiger partial charge < -0.3 is 20.9 Å². The molecule has 0 unspecified atom stereocenters. The van der Waals surface area contributed by atoms with E-state index in [0.717, 1.165) is 69.9 Å². The van der Waals surface area contributed by atoms with Crippen LogP contribution in [-0.2, 0) is 0 Å². The first-order chi connectivity index (χ1) is 19.9. The Morgan fingerprint density at radius 1 is 0.780 bits per heavy atom. The quantitative estimate of drug-likeness (QED) is 0.160. The number of carbonyl (C=O) groups excluding carboxylic acids is 1. The van der Waals surface area contributed by atoms with Crippen LogP contribution in [0.4, 0.5) is 23.0 Å². The highest BCUT2D eigenvalue weighted by Crippen LogP contribution is 2.29. The third-order valence-electron chi connectivity index (χ3n) is 7.00. The van der Waals surface area contributed by atoms with Crippen LogP contribution in [0.1, 0.15) is 27.9 Å². The lowest BCUT2D eigenvalue weighted by Crippen LogP contribution is -2.16. The first kappa shape index (κ1) is 27.8. The number of aromatic nitrogens is 2. The van der Waals surface area contributed by atoms with Crippen molar-refractivity contribution in [1.29, 1.82) is 0 Å². The third kappa shape index (κ3) is 6.88. The van der Waals surface area contributed by atoms with Crippen LogP contribution in [-0.4, -0.2) is 48.0 Å². The summed E-state index contributed by atoms with van der Waals surface area (Å²) in [5, 5.41) is 10.8. The Hall–Kier alpha value is -4.75. The Labute approximate surface area is 241 Å². The Morgan fingerprint density at radius 3 is 2.17 bits per heavy atom. The fraction of sp³-hybridized carbons (Fsp3) is 0.206. The lowest BCUT2D eigenvalue weighted by Gasteiger charge is -2.13. The predicted molar refractivity (Wildman–Crippen MR) is 170 cm³/mol. The van der Waals surface area contributed by atoms with Crippen LogP contribution in [0.2, 0.25) is 0 Å². The fourth-order valence-corrected chi connectivity index (χ4v) is 4.76. The van der Waals surface area contributed by atoms with E-state index >= 15 is 0 Å². The molecule has 0 aliphatic heterocycles. The summed E-state index contributed by atoms with van der Waals surface area (Å²) in [5.41, 5.74) is 8.12. The average molecular weight is 545 g/mol. The van der Waals surface area contributed by atoms with Crippen molar-refractivity contribution in [2.24, 2.45) is 0 Å². The molecule has 0 saturated heterocycles. The second kappa shape index (κ2) is 12.6. The molecule has 1 heterocycles. The van der Waals surface area contributed by atoms with E-state index in [1.165, 1.54) is 0 Å². The summed E-state index contributed by atoms with van der Waals surface area (Å²) in [7, 11) is 4.18. The van der Waals surface area contributed by atoms with Gasteiger partial charge in [-0.05, 0) is 94.5 Å². The molecule has 0 fully saturated rings. The van der Waals surface area contributed by atoms with Gasteiger partial charge in [0.15, 0.2) is 0 Å². The van der Waals surface area contributed by atoms with Gasteiger partial charge >= 0.3 is 0 Å². The number of hydrogen-bond donors (Lipinski definition) is 3. The standard InChI is InChI=1S/C34H36N6O/c1-23-9-7-10-24(2)31(23)38-33(41)26-15-19-28(20-16-26)36-34-37-30-12-6-5-11-29(30)32(39-34)25-13-17-27(18-14-25)35-21-8-22-40(3)4/h5-7,9-20,35H,8,21-22H2,1-4H3,(H,38,41)(H,36,37,39). The van der Waals surface area contributed by atoms with E-state index in [1.807, 2.05) is 68.4 Å². The molecular weight excluding hydrogens is 508 g/mol. The zero-order valence-corrected chi connectivity index (χ0v) is 24.0. The fourth-order valence-electron chi connectivity index (χ4n) is 4.76. The highest BCUT2D eigenvalue weighted by Gasteiger charge is 2.12. The van der Waals surface area contributed by atoms with Crippen molar-refractivity contribution in [3.63, 3.8) is 0 Å². The summed E-state index contributed by atoms with van der Waals surface area (Å²) in [6.45, 7) is 5.96. The predicted octanol–water partition coefficient (Wildman–Crippen LogP) is 7.27. The summed E-state index contributed by atoms with van der Waals surface area (Å²) in [6.07, 6.45) is 1.08. The van der Waals surface area contributed by atoms with Crippen LogP contribution in [0, 0.1) is 13.8 Å². The van der Waals surface area contributed by atoms with E-state index in [0.29, 0.717) is 11.5 Å². The van der Waals surface area contributed by atoms with Gasteiger partial charge in [-0.3, -0.25) is 4.79 Å². The molecule has 3 N–H and O–H groups in total. The van der Waals surface area contributed by atoms with Gasteiger partial charge in [-0.1, -0.05) is 48.5 Å². The van der Waals surface area contributed by atoms with Crippen molar-refractivity contribution in [2.75, 3.05) is 43.1 Å². The van der Waals surface area contributed by atoms with Crippen LogP contribution < -0.4 is 16.0 Å². The summed E-state index contributed by atoms with van der Waals surface area (Å²) in [6, 6.07) is 29.7. The molecular formula is C34H36N6O. The summed E-state index contributed by atoms with van der Waals surface area (Å²) < 4.78 is 0. The molecule has 5 aromatic rings. The monoisotopic (exact) mass is 544 g/mol. The molecule has 0 aliphatic carbocycles. The van der Waals surface area contributed by atoms with Crippen LogP contribution >= 0.6 is 0 Å². The van der Waals surface area contributed by atoms with Gasteiger partial charge in [-0.15, -0.1) is 0 Å². The average Bonchev–Trinajstić information content (AvgIpc) is 2.97. The van der Waals surface area contributed by atoms with Gasteiger partial charge in [0, 0.05) is 40.1 Å². The van der Waals surface area contributed by atoms with Crippen LogP contribution in [0.5, 0.6) is 0 Å². The smallest absolute Gasteiger partial charge is 0.255 e. The van der Waals surface area contributed by atoms with Gasteiger partial charge in [0.25, 0.3) is 5.91 Å². The van der Waals surface area contributed by atoms with Gasteiger partial charge in [-0.2, -0.15) is 0 Å². The second-order valence-corrected chi connectivity index (χ2v) is 10.5. The number of fused-ring (bicyclic) bond motifs is 1. The maximum absolute atomic E-state index is 12.9. The number of benzene rings is 4. The number of para-hydroxylation sites is 2. The van der Waals surface area contributed by atoms with E-state index < -0.39 is 0 Å². The minimum absolute atomic E-state index is 0.145. The molecule has 0 saturated carbocycles. The molecule has 0 aliphatic rings. The maximum atomic E-state index is 12.9. The number of amides is 1. The van der Waals surface area contributed by atoms with E-state index in [-0.39, 0.29) is 5.91 Å². The first-order valence-corrected chi connectivity index (χ1v) is 13.9. The second-order valence-electron chi connectivity index (χ2n) is 10.5. The number of nitrogens with one attached hydrogen (secondary N) is 3. The number of nitrogens with zero attached hydrogens (tertiary/aromatic N) is 3. The number of anilines is 4. The lowest BCUT2D eigenvalue weighted by molar-refractivity contribution is 0.102. The van der Waals surface area contributed by atoms with E-state index in [1.54, 1.807) is 12.1 Å². The third-order valence-corrected chi connectivity index (χ3v) is 7.00. The molecule has 0 atom stereocenters. The molecule has 7 nitrogen and oxygen atoms in total. The molecule has 4 aromatic carbocycles. The van der Waals surface area contributed by atoms with Crippen LogP contribution in [0.25, 0.3) is 22.2 Å². The molecule has 7 heteroatoms. The molecule has 208 valence electrons. The molecule has 41 heavy (non-hydrogen) atoms. The zero-order valence-electron chi connectivity index (χ0n) is 24.0. The first-order valence-electron chi connectivity index (χ1n) is 13.9. The Kier molecular flexibility index (Phi) is 8.56. The van der Waals surface area contributed by atoms with Crippen molar-refractivity contribution in [3.8, 4) is 11.3 Å². The van der Waals surface area contributed by atoms with Gasteiger partial charge in [0.2, 0.25) is 5.95 Å². The van der Waals surface area contributed by atoms with Crippen LogP contribution in [0.3, 0.4) is 0 Å². The van der Waals surface area contributed by atoms with Crippen molar-refractivity contribution >= 4 is 39.8 Å². The normalized spacial score (nSPS) is 11.0. The SMILES string of the molecule is Cc1cccc(C)c1NC(=O)c1ccc(Nc2nc(-c3ccc(NCCCN(C)C)cc3)c3ccccc3n2)cc1. The largest absolute Gasteiger partial charge is 0.385 e. The molecule has 0 spiro atoms. The molecule has 5 rings (SSSR count). The molecule has 1 aromatic heterocycles. The molecule has 0 bridgehead atoms. The lowest BCUT2D eigenvalue weighted by atomic mass is 10.1. The highest BCUT2D eigenvalue weighted by atomic mass is 16.1. The van der Waals surface area contributed by atoms with Crippen molar-refractivity contribution < 1.29 is 4.79 Å². The highest BCUT2D eigenvalue weighted by molar-refractivity contribution is 6.05. The van der Waals surface area contributed by atoms with Crippen LogP contribution in [0.15, 0.2) is 91.0 Å². The summed E-state index contributed by atoms with van der Waals surface area (Å²) in [4.78, 5) is 24.7. The molecule has 1 amide bonds. The van der Waals surface area contributed by atoms with E-state index in [9.17, 15) is 4.79 Å². The van der Waals surface area contributed by atoms with Gasteiger partial charge in [-0.25, -0.2) is 9.97 Å². The zero-order chi connectivity index (χ0) is 28.8. The maximum Gasteiger partial charge on any atom is 0.255 e. The minimum Gasteiger partial charge on any atom is -0.385 e. The minimum atomic E-state index is -0.145.